The molecule has 1 heterocycles. The van der Waals surface area contributed by atoms with Gasteiger partial charge in [-0.15, -0.1) is 17.7 Å². The molecule has 0 saturated heterocycles. The lowest BCUT2D eigenvalue weighted by Crippen LogP contribution is -2.02. The van der Waals surface area contributed by atoms with Crippen molar-refractivity contribution in [3.8, 4) is 28.4 Å². The Hall–Kier alpha value is -2.99. The van der Waals surface area contributed by atoms with E-state index >= 15 is 0 Å². The van der Waals surface area contributed by atoms with Gasteiger partial charge < -0.3 is 10.2 Å². The zero-order valence-corrected chi connectivity index (χ0v) is 15.7. The molecule has 0 amide bonds. The smallest absolute Gasteiger partial charge is 0.183 e. The topological polar surface area (TPSA) is 71.2 Å². The molecule has 0 fully saturated rings. The van der Waals surface area contributed by atoms with Crippen LogP contribution in [-0.2, 0) is 6.42 Å². The fraction of sp³-hybridized carbons (Fsp3) is 0.143. The summed E-state index contributed by atoms with van der Waals surface area (Å²) in [5.41, 5.74) is 2.87. The van der Waals surface area contributed by atoms with Crippen LogP contribution in [0.5, 0.6) is 11.5 Å². The van der Waals surface area contributed by atoms with Crippen LogP contribution in [0.4, 0.5) is 0 Å². The van der Waals surface area contributed by atoms with E-state index in [1.54, 1.807) is 6.07 Å². The van der Waals surface area contributed by atoms with Crippen molar-refractivity contribution < 1.29 is 10.2 Å². The maximum atomic E-state index is 10.5. The first-order chi connectivity index (χ1) is 13.1. The van der Waals surface area contributed by atoms with E-state index in [2.05, 4.69) is 29.9 Å². The minimum Gasteiger partial charge on any atom is -0.504 e. The van der Waals surface area contributed by atoms with E-state index in [4.69, 9.17) is 0 Å². The molecule has 0 saturated carbocycles. The first kappa shape index (κ1) is 17.4. The molecule has 3 aromatic carbocycles. The number of aromatic hydroxyl groups is 2. The van der Waals surface area contributed by atoms with E-state index in [0.717, 1.165) is 34.7 Å². The lowest BCUT2D eigenvalue weighted by atomic mass is 10.0. The van der Waals surface area contributed by atoms with Crippen LogP contribution in [-0.4, -0.2) is 25.2 Å². The molecule has 27 heavy (non-hydrogen) atoms. The van der Waals surface area contributed by atoms with E-state index in [1.807, 2.05) is 48.5 Å². The molecular weight excluding hydrogens is 358 g/mol. The van der Waals surface area contributed by atoms with E-state index in [0.29, 0.717) is 16.4 Å². The van der Waals surface area contributed by atoms with Gasteiger partial charge in [0.15, 0.2) is 11.5 Å². The Morgan fingerprint density at radius 1 is 1.04 bits per heavy atom. The molecule has 136 valence electrons. The van der Waals surface area contributed by atoms with Gasteiger partial charge in [-0.25, -0.2) is 4.68 Å². The largest absolute Gasteiger partial charge is 0.504 e. The highest BCUT2D eigenvalue weighted by Crippen LogP contribution is 2.38. The van der Waals surface area contributed by atoms with Crippen molar-refractivity contribution in [2.45, 2.75) is 24.8 Å². The van der Waals surface area contributed by atoms with Crippen LogP contribution in [0, 0.1) is 0 Å². The fourth-order valence-electron chi connectivity index (χ4n) is 3.36. The van der Waals surface area contributed by atoms with Crippen molar-refractivity contribution in [2.24, 2.45) is 0 Å². The van der Waals surface area contributed by atoms with E-state index in [1.165, 1.54) is 4.68 Å². The average molecular weight is 377 g/mol. The number of hydrogen-bond acceptors (Lipinski definition) is 5. The summed E-state index contributed by atoms with van der Waals surface area (Å²) in [6, 6.07) is 17.4. The van der Waals surface area contributed by atoms with E-state index in [-0.39, 0.29) is 11.5 Å². The summed E-state index contributed by atoms with van der Waals surface area (Å²) >= 11 is 4.49. The summed E-state index contributed by atoms with van der Waals surface area (Å²) in [5.74, 6) is -0.398. The molecule has 0 atom stereocenters. The van der Waals surface area contributed by atoms with Crippen molar-refractivity contribution >= 4 is 23.4 Å². The Morgan fingerprint density at radius 2 is 1.81 bits per heavy atom. The van der Waals surface area contributed by atoms with Crippen molar-refractivity contribution in [3.05, 3.63) is 60.2 Å². The zero-order chi connectivity index (χ0) is 19.0. The predicted molar refractivity (Wildman–Crippen MR) is 109 cm³/mol. The van der Waals surface area contributed by atoms with Crippen LogP contribution < -0.4 is 0 Å². The SMILES string of the molecule is CCCc1cc(O)c(O)c(-n2nnc(S)c2-c2cccc3ccccc23)c1. The van der Waals surface area contributed by atoms with Gasteiger partial charge in [0.1, 0.15) is 16.4 Å². The van der Waals surface area contributed by atoms with E-state index in [9.17, 15) is 10.2 Å². The number of benzene rings is 3. The highest BCUT2D eigenvalue weighted by molar-refractivity contribution is 7.80. The van der Waals surface area contributed by atoms with Crippen molar-refractivity contribution in [1.29, 1.82) is 0 Å². The van der Waals surface area contributed by atoms with Gasteiger partial charge >= 0.3 is 0 Å². The number of hydrogen-bond donors (Lipinski definition) is 3. The first-order valence-corrected chi connectivity index (χ1v) is 9.23. The molecule has 1 aromatic heterocycles. The molecule has 0 unspecified atom stereocenters. The van der Waals surface area contributed by atoms with Gasteiger partial charge in [-0.3, -0.25) is 0 Å². The molecule has 5 nitrogen and oxygen atoms in total. The second-order valence-electron chi connectivity index (χ2n) is 6.43. The third kappa shape index (κ3) is 3.02. The fourth-order valence-corrected chi connectivity index (χ4v) is 3.62. The van der Waals surface area contributed by atoms with Crippen LogP contribution in [0.1, 0.15) is 18.9 Å². The van der Waals surface area contributed by atoms with Crippen LogP contribution in [0.2, 0.25) is 0 Å². The van der Waals surface area contributed by atoms with Crippen molar-refractivity contribution in [1.82, 2.24) is 15.0 Å². The van der Waals surface area contributed by atoms with Gasteiger partial charge in [0, 0.05) is 5.56 Å². The van der Waals surface area contributed by atoms with Crippen LogP contribution in [0.3, 0.4) is 0 Å². The number of rotatable bonds is 4. The van der Waals surface area contributed by atoms with Gasteiger partial charge in [0.05, 0.1) is 0 Å². The third-order valence-corrected chi connectivity index (χ3v) is 4.89. The molecule has 6 heteroatoms. The molecule has 0 radical (unpaired) electrons. The highest BCUT2D eigenvalue weighted by Gasteiger charge is 2.20. The molecule has 0 aliphatic heterocycles. The number of phenolic OH excluding ortho intramolecular Hbond substituents is 2. The van der Waals surface area contributed by atoms with Crippen molar-refractivity contribution in [3.63, 3.8) is 0 Å². The summed E-state index contributed by atoms with van der Waals surface area (Å²) in [5, 5.41) is 31.5. The Morgan fingerprint density at radius 3 is 2.63 bits per heavy atom. The molecule has 2 N–H and O–H groups in total. The molecule has 4 aromatic rings. The predicted octanol–water partition coefficient (Wildman–Crippen LogP) is 4.74. The van der Waals surface area contributed by atoms with Crippen molar-refractivity contribution in [2.75, 3.05) is 0 Å². The first-order valence-electron chi connectivity index (χ1n) is 8.78. The Kier molecular flexibility index (Phi) is 4.49. The Balaban J connectivity index is 1.99. The lowest BCUT2D eigenvalue weighted by Gasteiger charge is -2.13. The molecular formula is C21H19N3O2S. The molecule has 0 aliphatic rings. The summed E-state index contributed by atoms with van der Waals surface area (Å²) < 4.78 is 1.54. The average Bonchev–Trinajstić information content (AvgIpc) is 3.05. The maximum Gasteiger partial charge on any atom is 0.183 e. The lowest BCUT2D eigenvalue weighted by molar-refractivity contribution is 0.400. The van der Waals surface area contributed by atoms with E-state index < -0.39 is 0 Å². The quantitative estimate of drug-likeness (QED) is 0.355. The normalized spacial score (nSPS) is 11.2. The number of aromatic nitrogens is 3. The molecule has 4 rings (SSSR count). The second kappa shape index (κ2) is 6.96. The van der Waals surface area contributed by atoms with Crippen LogP contribution >= 0.6 is 12.6 Å². The van der Waals surface area contributed by atoms with Crippen LogP contribution in [0.25, 0.3) is 27.7 Å². The number of nitrogens with zero attached hydrogens (tertiary/aromatic N) is 3. The highest BCUT2D eigenvalue weighted by atomic mass is 32.1. The summed E-state index contributed by atoms with van der Waals surface area (Å²) in [4.78, 5) is 0. The standard InChI is InChI=1S/C21H19N3O2S/c1-2-6-13-11-17(20(26)18(25)12-13)24-19(21(27)22-23-24)16-10-5-8-14-7-3-4-9-15(14)16/h3-5,7-12,25-27H,2,6H2,1H3. The van der Waals surface area contributed by atoms with Gasteiger partial charge in [-0.2, -0.15) is 0 Å². The van der Waals surface area contributed by atoms with Gasteiger partial charge in [0.2, 0.25) is 0 Å². The summed E-state index contributed by atoms with van der Waals surface area (Å²) in [7, 11) is 0. The summed E-state index contributed by atoms with van der Waals surface area (Å²) in [6.45, 7) is 2.06. The zero-order valence-electron chi connectivity index (χ0n) is 14.8. The van der Waals surface area contributed by atoms with Gasteiger partial charge in [-0.1, -0.05) is 61.0 Å². The third-order valence-electron chi connectivity index (χ3n) is 4.59. The minimum atomic E-state index is -0.227. The molecule has 0 bridgehead atoms. The number of phenols is 2. The Labute approximate surface area is 162 Å². The minimum absolute atomic E-state index is 0.170. The second-order valence-corrected chi connectivity index (χ2v) is 6.86. The molecule has 0 spiro atoms. The monoisotopic (exact) mass is 377 g/mol. The molecule has 0 aliphatic carbocycles. The van der Waals surface area contributed by atoms with Crippen LogP contribution in [0.15, 0.2) is 59.6 Å². The number of fused-ring (bicyclic) bond motifs is 1. The van der Waals surface area contributed by atoms with Gasteiger partial charge in [-0.05, 0) is 34.9 Å². The summed E-state index contributed by atoms with van der Waals surface area (Å²) in [6.07, 6.45) is 1.71. The number of thiol groups is 1. The Bertz CT molecular complexity index is 1130. The maximum absolute atomic E-state index is 10.5. The van der Waals surface area contributed by atoms with Gasteiger partial charge in [0.25, 0.3) is 0 Å². The number of aryl methyl sites for hydroxylation is 1.